The fraction of sp³-hybridized carbons (Fsp3) is 0.375. The normalized spacial score (nSPS) is 10.6. The van der Waals surface area contributed by atoms with Crippen molar-refractivity contribution in [3.05, 3.63) is 39.8 Å². The third-order valence-corrected chi connectivity index (χ3v) is 3.71. The number of nitrogens with zero attached hydrogens (tertiary/aromatic N) is 1. The number of amides is 1. The molecule has 5 nitrogen and oxygen atoms in total. The molecule has 0 unspecified atom stereocenters. The molecule has 0 bridgehead atoms. The smallest absolute Gasteiger partial charge is 0.251 e. The van der Waals surface area contributed by atoms with Crippen LogP contribution in [0.5, 0.6) is 11.5 Å². The fourth-order valence-electron chi connectivity index (χ4n) is 1.90. The van der Waals surface area contributed by atoms with Crippen LogP contribution < -0.4 is 14.8 Å². The van der Waals surface area contributed by atoms with Crippen molar-refractivity contribution < 1.29 is 14.3 Å². The van der Waals surface area contributed by atoms with E-state index in [1.165, 1.54) is 0 Å². The molecule has 2 rings (SSSR count). The van der Waals surface area contributed by atoms with E-state index in [4.69, 9.17) is 9.47 Å². The number of nitrogens with one attached hydrogen (secondary N) is 1. The molecule has 0 fully saturated rings. The van der Waals surface area contributed by atoms with Crippen molar-refractivity contribution in [2.75, 3.05) is 7.11 Å². The first kappa shape index (κ1) is 16.3. The lowest BCUT2D eigenvalue weighted by molar-refractivity contribution is 0.0942. The molecule has 1 amide bonds. The van der Waals surface area contributed by atoms with Crippen LogP contribution in [0.4, 0.5) is 0 Å². The second kappa shape index (κ2) is 7.26. The number of ether oxygens (including phenoxy) is 2. The van der Waals surface area contributed by atoms with E-state index in [1.807, 2.05) is 26.2 Å². The Bertz CT molecular complexity index is 653. The van der Waals surface area contributed by atoms with Gasteiger partial charge in [0, 0.05) is 17.0 Å². The predicted octanol–water partition coefficient (Wildman–Crippen LogP) is 3.18. The van der Waals surface area contributed by atoms with E-state index in [-0.39, 0.29) is 11.9 Å². The molecule has 0 saturated carbocycles. The fourth-order valence-corrected chi connectivity index (χ4v) is 2.50. The zero-order valence-corrected chi connectivity index (χ0v) is 14.0. The Morgan fingerprint density at radius 1 is 1.36 bits per heavy atom. The van der Waals surface area contributed by atoms with Gasteiger partial charge in [-0.3, -0.25) is 4.79 Å². The number of benzene rings is 1. The van der Waals surface area contributed by atoms with E-state index in [1.54, 1.807) is 36.6 Å². The van der Waals surface area contributed by atoms with Gasteiger partial charge in [-0.25, -0.2) is 4.98 Å². The highest BCUT2D eigenvalue weighted by molar-refractivity contribution is 7.09. The van der Waals surface area contributed by atoms with Gasteiger partial charge in [0.15, 0.2) is 11.5 Å². The molecule has 1 heterocycles. The summed E-state index contributed by atoms with van der Waals surface area (Å²) in [5.74, 6) is 0.993. The highest BCUT2D eigenvalue weighted by Gasteiger charge is 2.12. The summed E-state index contributed by atoms with van der Waals surface area (Å²) in [6, 6.07) is 5.23. The summed E-state index contributed by atoms with van der Waals surface area (Å²) in [5.41, 5.74) is 1.42. The molecule has 1 N–H and O–H groups in total. The van der Waals surface area contributed by atoms with Crippen molar-refractivity contribution in [2.45, 2.75) is 33.4 Å². The van der Waals surface area contributed by atoms with Crippen LogP contribution in [0.2, 0.25) is 0 Å². The van der Waals surface area contributed by atoms with Crippen LogP contribution in [0, 0.1) is 6.92 Å². The highest BCUT2D eigenvalue weighted by atomic mass is 32.1. The first-order chi connectivity index (χ1) is 10.5. The van der Waals surface area contributed by atoms with Crippen LogP contribution in [-0.2, 0) is 6.61 Å². The van der Waals surface area contributed by atoms with Crippen LogP contribution in [0.15, 0.2) is 23.6 Å². The first-order valence-corrected chi connectivity index (χ1v) is 7.90. The second-order valence-electron chi connectivity index (χ2n) is 5.14. The van der Waals surface area contributed by atoms with Gasteiger partial charge in [-0.05, 0) is 39.0 Å². The molecule has 0 aliphatic heterocycles. The van der Waals surface area contributed by atoms with Crippen molar-refractivity contribution >= 4 is 17.2 Å². The largest absolute Gasteiger partial charge is 0.493 e. The maximum absolute atomic E-state index is 12.0. The van der Waals surface area contributed by atoms with Gasteiger partial charge in [0.1, 0.15) is 6.61 Å². The molecule has 1 aromatic heterocycles. The van der Waals surface area contributed by atoms with Gasteiger partial charge >= 0.3 is 0 Å². The average molecular weight is 320 g/mol. The van der Waals surface area contributed by atoms with Gasteiger partial charge in [-0.1, -0.05) is 0 Å². The minimum atomic E-state index is -0.130. The number of methoxy groups -OCH3 is 1. The molecule has 2 aromatic rings. The molecular weight excluding hydrogens is 300 g/mol. The number of carbonyl (C=O) groups is 1. The highest BCUT2D eigenvalue weighted by Crippen LogP contribution is 2.29. The van der Waals surface area contributed by atoms with Crippen LogP contribution >= 0.6 is 11.3 Å². The molecule has 0 saturated heterocycles. The Balaban J connectivity index is 2.10. The van der Waals surface area contributed by atoms with Gasteiger partial charge < -0.3 is 14.8 Å². The van der Waals surface area contributed by atoms with Crippen molar-refractivity contribution in [3.8, 4) is 11.5 Å². The van der Waals surface area contributed by atoms with Crippen LogP contribution in [0.1, 0.15) is 34.9 Å². The predicted molar refractivity (Wildman–Crippen MR) is 86.8 cm³/mol. The van der Waals surface area contributed by atoms with Gasteiger partial charge in [-0.2, -0.15) is 0 Å². The third-order valence-electron chi connectivity index (χ3n) is 2.89. The first-order valence-electron chi connectivity index (χ1n) is 7.02. The number of aromatic nitrogens is 1. The number of hydrogen-bond acceptors (Lipinski definition) is 5. The van der Waals surface area contributed by atoms with Gasteiger partial charge in [0.25, 0.3) is 5.91 Å². The summed E-state index contributed by atoms with van der Waals surface area (Å²) < 4.78 is 11.0. The van der Waals surface area contributed by atoms with Crippen LogP contribution in [0.25, 0.3) is 0 Å². The number of aryl methyl sites for hydroxylation is 1. The quantitative estimate of drug-likeness (QED) is 0.888. The van der Waals surface area contributed by atoms with E-state index in [2.05, 4.69) is 10.3 Å². The van der Waals surface area contributed by atoms with Crippen LogP contribution in [0.3, 0.4) is 0 Å². The lowest BCUT2D eigenvalue weighted by Crippen LogP contribution is -2.30. The van der Waals surface area contributed by atoms with Crippen molar-refractivity contribution in [1.82, 2.24) is 10.3 Å². The van der Waals surface area contributed by atoms with Crippen molar-refractivity contribution in [2.24, 2.45) is 0 Å². The molecule has 0 atom stereocenters. The molecule has 1 aromatic carbocycles. The Hall–Kier alpha value is -2.08. The Morgan fingerprint density at radius 3 is 2.73 bits per heavy atom. The number of rotatable bonds is 6. The Kier molecular flexibility index (Phi) is 5.38. The van der Waals surface area contributed by atoms with Crippen molar-refractivity contribution in [3.63, 3.8) is 0 Å². The van der Waals surface area contributed by atoms with E-state index in [0.29, 0.717) is 23.7 Å². The maximum atomic E-state index is 12.0. The van der Waals surface area contributed by atoms with Crippen molar-refractivity contribution in [1.29, 1.82) is 0 Å². The number of hydrogen-bond donors (Lipinski definition) is 1. The summed E-state index contributed by atoms with van der Waals surface area (Å²) in [5, 5.41) is 5.82. The Labute approximate surface area is 134 Å². The Morgan fingerprint density at radius 2 is 2.14 bits per heavy atom. The summed E-state index contributed by atoms with van der Waals surface area (Å²) >= 11 is 1.59. The minimum absolute atomic E-state index is 0.0855. The lowest BCUT2D eigenvalue weighted by atomic mass is 10.2. The standard InChI is InChI=1S/C16H20N2O3S/c1-10(2)17-16(19)12-5-6-14(15(7-12)20-4)21-8-13-9-22-11(3)18-13/h5-7,9-10H,8H2,1-4H3,(H,17,19). The van der Waals surface area contributed by atoms with E-state index >= 15 is 0 Å². The molecule has 22 heavy (non-hydrogen) atoms. The van der Waals surface area contributed by atoms with Gasteiger partial charge in [-0.15, -0.1) is 11.3 Å². The van der Waals surface area contributed by atoms with E-state index in [9.17, 15) is 4.79 Å². The van der Waals surface area contributed by atoms with Crippen LogP contribution in [-0.4, -0.2) is 24.0 Å². The van der Waals surface area contributed by atoms with Gasteiger partial charge in [0.05, 0.1) is 17.8 Å². The summed E-state index contributed by atoms with van der Waals surface area (Å²) in [6.07, 6.45) is 0. The molecule has 118 valence electrons. The zero-order chi connectivity index (χ0) is 16.1. The average Bonchev–Trinajstić information content (AvgIpc) is 2.89. The van der Waals surface area contributed by atoms with E-state index in [0.717, 1.165) is 10.7 Å². The summed E-state index contributed by atoms with van der Waals surface area (Å²) in [4.78, 5) is 16.3. The molecule has 0 spiro atoms. The minimum Gasteiger partial charge on any atom is -0.493 e. The SMILES string of the molecule is COc1cc(C(=O)NC(C)C)ccc1OCc1csc(C)n1. The maximum Gasteiger partial charge on any atom is 0.251 e. The van der Waals surface area contributed by atoms with Gasteiger partial charge in [0.2, 0.25) is 0 Å². The summed E-state index contributed by atoms with van der Waals surface area (Å²) in [6.45, 7) is 6.17. The zero-order valence-electron chi connectivity index (χ0n) is 13.2. The topological polar surface area (TPSA) is 60.5 Å². The molecule has 0 radical (unpaired) electrons. The molecule has 0 aliphatic carbocycles. The third kappa shape index (κ3) is 4.21. The molecule has 6 heteroatoms. The molecule has 0 aliphatic rings. The monoisotopic (exact) mass is 320 g/mol. The number of carbonyl (C=O) groups excluding carboxylic acids is 1. The molecular formula is C16H20N2O3S. The second-order valence-corrected chi connectivity index (χ2v) is 6.20. The summed E-state index contributed by atoms with van der Waals surface area (Å²) in [7, 11) is 1.55. The number of thiazole rings is 1. The lowest BCUT2D eigenvalue weighted by Gasteiger charge is -2.12. The van der Waals surface area contributed by atoms with E-state index < -0.39 is 0 Å².